The smallest absolute Gasteiger partial charge is 0.303 e. The van der Waals surface area contributed by atoms with Gasteiger partial charge in [-0.3, -0.25) is 14.4 Å². The van der Waals surface area contributed by atoms with Gasteiger partial charge in [0, 0.05) is 30.3 Å². The van der Waals surface area contributed by atoms with Gasteiger partial charge < -0.3 is 14.7 Å². The summed E-state index contributed by atoms with van der Waals surface area (Å²) in [6.45, 7) is 1.48. The Morgan fingerprint density at radius 1 is 1.04 bits per heavy atom. The van der Waals surface area contributed by atoms with Crippen LogP contribution < -0.4 is 9.64 Å². The highest BCUT2D eigenvalue weighted by Crippen LogP contribution is 2.27. The Balaban J connectivity index is 2.27. The van der Waals surface area contributed by atoms with Crippen LogP contribution >= 0.6 is 0 Å². The van der Waals surface area contributed by atoms with Gasteiger partial charge in [-0.1, -0.05) is 12.1 Å². The SMILES string of the molecule is COc1ccc(N(C)C(=O)c2ccc(C(C)=O)cc2)c(CCCC(=O)O)c1. The van der Waals surface area contributed by atoms with Crippen LogP contribution in [0.15, 0.2) is 42.5 Å². The van der Waals surface area contributed by atoms with Crippen LogP contribution in [0.2, 0.25) is 0 Å². The topological polar surface area (TPSA) is 83.9 Å². The molecular weight excluding hydrogens is 346 g/mol. The summed E-state index contributed by atoms with van der Waals surface area (Å²) in [4.78, 5) is 36.5. The van der Waals surface area contributed by atoms with Crippen LogP contribution in [0.5, 0.6) is 5.75 Å². The Hall–Kier alpha value is -3.15. The third-order valence-corrected chi connectivity index (χ3v) is 4.33. The predicted octanol–water partition coefficient (Wildman–Crippen LogP) is 3.58. The number of ether oxygens (including phenoxy) is 1. The molecule has 0 aliphatic carbocycles. The molecule has 0 bridgehead atoms. The number of rotatable bonds is 8. The molecule has 6 heteroatoms. The van der Waals surface area contributed by atoms with E-state index in [0.717, 1.165) is 5.56 Å². The number of aliphatic carboxylic acids is 1. The van der Waals surface area contributed by atoms with Crippen molar-refractivity contribution in [3.8, 4) is 5.75 Å². The average Bonchev–Trinajstić information content (AvgIpc) is 2.66. The van der Waals surface area contributed by atoms with Crippen molar-refractivity contribution < 1.29 is 24.2 Å². The first-order valence-corrected chi connectivity index (χ1v) is 8.61. The van der Waals surface area contributed by atoms with E-state index in [2.05, 4.69) is 0 Å². The lowest BCUT2D eigenvalue weighted by molar-refractivity contribution is -0.137. The highest BCUT2D eigenvalue weighted by atomic mass is 16.5. The number of carbonyl (C=O) groups excluding carboxylic acids is 2. The zero-order chi connectivity index (χ0) is 20.0. The van der Waals surface area contributed by atoms with E-state index in [9.17, 15) is 14.4 Å². The molecule has 0 saturated heterocycles. The number of benzene rings is 2. The minimum atomic E-state index is -0.852. The summed E-state index contributed by atoms with van der Waals surface area (Å²) in [5.41, 5.74) is 2.55. The Labute approximate surface area is 158 Å². The van der Waals surface area contributed by atoms with E-state index in [4.69, 9.17) is 9.84 Å². The number of carboxylic acid groups (broad SMARTS) is 1. The van der Waals surface area contributed by atoms with Gasteiger partial charge in [0.15, 0.2) is 5.78 Å². The summed E-state index contributed by atoms with van der Waals surface area (Å²) >= 11 is 0. The quantitative estimate of drug-likeness (QED) is 0.719. The number of methoxy groups -OCH3 is 1. The first-order chi connectivity index (χ1) is 12.8. The van der Waals surface area contributed by atoms with Crippen molar-refractivity contribution in [2.45, 2.75) is 26.2 Å². The summed E-state index contributed by atoms with van der Waals surface area (Å²) in [6.07, 6.45) is 1.03. The Morgan fingerprint density at radius 2 is 1.67 bits per heavy atom. The standard InChI is InChI=1S/C21H23NO5/c1-14(23)15-7-9-16(10-8-15)21(26)22(2)19-12-11-18(27-3)13-17(19)5-4-6-20(24)25/h7-13H,4-6H2,1-3H3,(H,24,25). The van der Waals surface area contributed by atoms with E-state index < -0.39 is 5.97 Å². The van der Waals surface area contributed by atoms with Crippen LogP contribution in [0.1, 0.15) is 46.0 Å². The largest absolute Gasteiger partial charge is 0.497 e. The molecule has 2 aromatic carbocycles. The Kier molecular flexibility index (Phi) is 6.71. The first kappa shape index (κ1) is 20.2. The second-order valence-corrected chi connectivity index (χ2v) is 6.24. The number of carboxylic acids is 1. The van der Waals surface area contributed by atoms with Crippen molar-refractivity contribution >= 4 is 23.3 Å². The van der Waals surface area contributed by atoms with E-state index in [1.165, 1.54) is 11.8 Å². The summed E-state index contributed by atoms with van der Waals surface area (Å²) in [7, 11) is 3.23. The number of hydrogen-bond donors (Lipinski definition) is 1. The van der Waals surface area contributed by atoms with Gasteiger partial charge in [-0.25, -0.2) is 0 Å². The number of aryl methyl sites for hydroxylation is 1. The minimum absolute atomic E-state index is 0.0564. The number of ketones is 1. The van der Waals surface area contributed by atoms with Crippen molar-refractivity contribution in [1.82, 2.24) is 0 Å². The lowest BCUT2D eigenvalue weighted by atomic mass is 10.0. The molecule has 0 radical (unpaired) electrons. The van der Waals surface area contributed by atoms with Crippen LogP contribution in [0.4, 0.5) is 5.69 Å². The van der Waals surface area contributed by atoms with Gasteiger partial charge in [-0.15, -0.1) is 0 Å². The molecule has 142 valence electrons. The lowest BCUT2D eigenvalue weighted by Gasteiger charge is -2.21. The monoisotopic (exact) mass is 369 g/mol. The van der Waals surface area contributed by atoms with Gasteiger partial charge in [0.2, 0.25) is 0 Å². The highest BCUT2D eigenvalue weighted by Gasteiger charge is 2.17. The van der Waals surface area contributed by atoms with Crippen LogP contribution in [0, 0.1) is 0 Å². The van der Waals surface area contributed by atoms with Gasteiger partial charge >= 0.3 is 5.97 Å². The highest BCUT2D eigenvalue weighted by molar-refractivity contribution is 6.06. The number of hydrogen-bond acceptors (Lipinski definition) is 4. The Bertz CT molecular complexity index is 842. The van der Waals surface area contributed by atoms with E-state index >= 15 is 0 Å². The fraction of sp³-hybridized carbons (Fsp3) is 0.286. The summed E-state index contributed by atoms with van der Waals surface area (Å²) in [6, 6.07) is 11.9. The molecule has 0 aromatic heterocycles. The van der Waals surface area contributed by atoms with Crippen LogP contribution in [0.3, 0.4) is 0 Å². The average molecular weight is 369 g/mol. The van der Waals surface area contributed by atoms with E-state index in [1.807, 2.05) is 6.07 Å². The zero-order valence-corrected chi connectivity index (χ0v) is 15.7. The van der Waals surface area contributed by atoms with Gasteiger partial charge in [0.25, 0.3) is 5.91 Å². The molecule has 27 heavy (non-hydrogen) atoms. The zero-order valence-electron chi connectivity index (χ0n) is 15.7. The summed E-state index contributed by atoms with van der Waals surface area (Å²) in [5, 5.41) is 8.86. The molecule has 0 fully saturated rings. The molecule has 1 amide bonds. The maximum atomic E-state index is 12.8. The molecule has 0 spiro atoms. The molecule has 0 unspecified atom stereocenters. The fourth-order valence-electron chi connectivity index (χ4n) is 2.80. The van der Waals surface area contributed by atoms with Crippen LogP contribution in [-0.4, -0.2) is 36.9 Å². The van der Waals surface area contributed by atoms with Crippen molar-refractivity contribution in [2.24, 2.45) is 0 Å². The molecule has 2 aromatic rings. The number of nitrogens with zero attached hydrogens (tertiary/aromatic N) is 1. The molecule has 0 aliphatic heterocycles. The van der Waals surface area contributed by atoms with Gasteiger partial charge in [0.1, 0.15) is 5.75 Å². The van der Waals surface area contributed by atoms with Gasteiger partial charge in [0.05, 0.1) is 7.11 Å². The lowest BCUT2D eigenvalue weighted by Crippen LogP contribution is -2.27. The number of Topliss-reactive ketones (excluding diaryl/α,β-unsaturated/α-hetero) is 1. The second kappa shape index (κ2) is 8.98. The number of anilines is 1. The maximum absolute atomic E-state index is 12.8. The summed E-state index contributed by atoms with van der Waals surface area (Å²) in [5.74, 6) is -0.474. The molecule has 0 aliphatic rings. The van der Waals surface area contributed by atoms with Gasteiger partial charge in [-0.2, -0.15) is 0 Å². The molecular formula is C21H23NO5. The summed E-state index contributed by atoms with van der Waals surface area (Å²) < 4.78 is 5.25. The normalized spacial score (nSPS) is 10.3. The van der Waals surface area contributed by atoms with Crippen molar-refractivity contribution in [3.05, 3.63) is 59.2 Å². The molecule has 1 N–H and O–H groups in total. The number of amides is 1. The molecule has 0 saturated carbocycles. The molecule has 0 heterocycles. The third kappa shape index (κ3) is 5.17. The molecule has 6 nitrogen and oxygen atoms in total. The van der Waals surface area contributed by atoms with Crippen molar-refractivity contribution in [3.63, 3.8) is 0 Å². The minimum Gasteiger partial charge on any atom is -0.497 e. The van der Waals surface area contributed by atoms with E-state index in [1.54, 1.807) is 50.6 Å². The predicted molar refractivity (Wildman–Crippen MR) is 103 cm³/mol. The van der Waals surface area contributed by atoms with Crippen LogP contribution in [0.25, 0.3) is 0 Å². The number of carbonyl (C=O) groups is 3. The van der Waals surface area contributed by atoms with E-state index in [0.29, 0.717) is 35.4 Å². The Morgan fingerprint density at radius 3 is 2.22 bits per heavy atom. The fourth-order valence-corrected chi connectivity index (χ4v) is 2.80. The van der Waals surface area contributed by atoms with Crippen molar-refractivity contribution in [1.29, 1.82) is 0 Å². The molecule has 2 rings (SSSR count). The van der Waals surface area contributed by atoms with Crippen LogP contribution in [-0.2, 0) is 11.2 Å². The third-order valence-electron chi connectivity index (χ3n) is 4.33. The maximum Gasteiger partial charge on any atom is 0.303 e. The second-order valence-electron chi connectivity index (χ2n) is 6.24. The van der Waals surface area contributed by atoms with Crippen molar-refractivity contribution in [2.75, 3.05) is 19.1 Å². The molecule has 0 atom stereocenters. The van der Waals surface area contributed by atoms with E-state index in [-0.39, 0.29) is 18.1 Å². The first-order valence-electron chi connectivity index (χ1n) is 8.61. The van der Waals surface area contributed by atoms with Gasteiger partial charge in [-0.05, 0) is 55.7 Å².